The molecule has 142 valence electrons. The first-order valence-corrected chi connectivity index (χ1v) is 7.32. The van der Waals surface area contributed by atoms with Gasteiger partial charge in [0.2, 0.25) is 0 Å². The molecular formula is C16H22N4O6. The Hall–Kier alpha value is -3.24. The number of carboxylic acids is 2. The van der Waals surface area contributed by atoms with Crippen molar-refractivity contribution >= 4 is 23.0 Å². The van der Waals surface area contributed by atoms with Crippen LogP contribution in [-0.2, 0) is 9.59 Å². The van der Waals surface area contributed by atoms with Crippen molar-refractivity contribution in [3.8, 4) is 0 Å². The van der Waals surface area contributed by atoms with Crippen molar-refractivity contribution in [2.45, 2.75) is 25.9 Å². The normalized spacial score (nSPS) is 11.4. The van der Waals surface area contributed by atoms with Gasteiger partial charge in [0, 0.05) is 0 Å². The Labute approximate surface area is 149 Å². The molecule has 6 N–H and O–H groups in total. The van der Waals surface area contributed by atoms with E-state index in [0.717, 1.165) is 11.1 Å². The molecule has 0 amide bonds. The molecule has 0 aliphatic carbocycles. The van der Waals surface area contributed by atoms with E-state index in [1.807, 2.05) is 24.3 Å². The largest absolute Gasteiger partial charge is 0.480 e. The topological polar surface area (TPSA) is 179 Å². The van der Waals surface area contributed by atoms with Crippen LogP contribution < -0.4 is 11.5 Å². The lowest BCUT2D eigenvalue weighted by Gasteiger charge is -1.90. The van der Waals surface area contributed by atoms with E-state index in [1.54, 1.807) is 6.20 Å². The van der Waals surface area contributed by atoms with Gasteiger partial charge in [0.15, 0.2) is 18.4 Å². The zero-order chi connectivity index (χ0) is 19.9. The number of aromatic nitrogens is 2. The fourth-order valence-electron chi connectivity index (χ4n) is 0.979. The fraction of sp³-hybridized carbons (Fsp3) is 0.250. The number of hydrogen-bond donors (Lipinski definition) is 4. The molecular weight excluding hydrogens is 344 g/mol. The number of oxazole rings is 2. The molecule has 3 rings (SSSR count). The van der Waals surface area contributed by atoms with Gasteiger partial charge in [-0.05, 0) is 26.0 Å². The van der Waals surface area contributed by atoms with Crippen molar-refractivity contribution in [2.75, 3.05) is 0 Å². The minimum atomic E-state index is -0.963. The molecule has 26 heavy (non-hydrogen) atoms. The Kier molecular flexibility index (Phi) is 11.5. The molecule has 0 unspecified atom stereocenters. The van der Waals surface area contributed by atoms with Crippen LogP contribution in [0.25, 0.3) is 11.1 Å². The molecule has 2 heterocycles. The Balaban J connectivity index is 0.000000332. The molecule has 2 atom stereocenters. The number of nitrogens with two attached hydrogens (primary N) is 2. The number of carbonyl (C=O) groups is 2. The summed E-state index contributed by atoms with van der Waals surface area (Å²) in [5.74, 6) is -1.93. The molecule has 0 aliphatic heterocycles. The third kappa shape index (κ3) is 11.3. The monoisotopic (exact) mass is 366 g/mol. The molecule has 0 saturated heterocycles. The number of rotatable bonds is 2. The van der Waals surface area contributed by atoms with E-state index in [4.69, 9.17) is 26.1 Å². The average Bonchev–Trinajstić information content (AvgIpc) is 3.30. The molecule has 3 aromatic rings. The lowest BCUT2D eigenvalue weighted by molar-refractivity contribution is -0.139. The van der Waals surface area contributed by atoms with E-state index in [2.05, 4.69) is 14.4 Å². The summed E-state index contributed by atoms with van der Waals surface area (Å²) >= 11 is 0. The third-order valence-electron chi connectivity index (χ3n) is 2.36. The summed E-state index contributed by atoms with van der Waals surface area (Å²) in [4.78, 5) is 26.7. The molecule has 10 heteroatoms. The Bertz CT molecular complexity index is 675. The number of aliphatic carboxylic acids is 2. The van der Waals surface area contributed by atoms with Crippen molar-refractivity contribution < 1.29 is 28.6 Å². The van der Waals surface area contributed by atoms with Gasteiger partial charge in [0.1, 0.15) is 23.9 Å². The second kappa shape index (κ2) is 13.1. The van der Waals surface area contributed by atoms with Crippen LogP contribution in [0.5, 0.6) is 0 Å². The summed E-state index contributed by atoms with van der Waals surface area (Å²) < 4.78 is 9.48. The van der Waals surface area contributed by atoms with Crippen LogP contribution in [0, 0.1) is 0 Å². The molecule has 1 aromatic carbocycles. The molecule has 10 nitrogen and oxygen atoms in total. The van der Waals surface area contributed by atoms with Gasteiger partial charge in [0.05, 0.1) is 6.20 Å². The van der Waals surface area contributed by atoms with Crippen molar-refractivity contribution in [3.63, 3.8) is 0 Å². The van der Waals surface area contributed by atoms with Crippen LogP contribution in [0.15, 0.2) is 58.3 Å². The second-order valence-corrected chi connectivity index (χ2v) is 4.75. The molecule has 0 radical (unpaired) electrons. The minimum absolute atomic E-state index is 0.731. The van der Waals surface area contributed by atoms with Crippen LogP contribution >= 0.6 is 0 Å². The molecule has 0 aliphatic rings. The molecule has 0 fully saturated rings. The maximum absolute atomic E-state index is 9.57. The smallest absolute Gasteiger partial charge is 0.320 e. The van der Waals surface area contributed by atoms with Gasteiger partial charge in [-0.2, -0.15) is 0 Å². The first kappa shape index (κ1) is 22.8. The quantitative estimate of drug-likeness (QED) is 0.517. The Morgan fingerprint density at radius 2 is 1.58 bits per heavy atom. The maximum atomic E-state index is 9.57. The molecule has 0 saturated carbocycles. The van der Waals surface area contributed by atoms with E-state index in [1.165, 1.54) is 32.9 Å². The van der Waals surface area contributed by atoms with Crippen LogP contribution in [0.4, 0.5) is 0 Å². The highest BCUT2D eigenvalue weighted by Crippen LogP contribution is 2.09. The Morgan fingerprint density at radius 1 is 1.04 bits per heavy atom. The van der Waals surface area contributed by atoms with Gasteiger partial charge in [0.25, 0.3) is 0 Å². The molecule has 0 bridgehead atoms. The van der Waals surface area contributed by atoms with Gasteiger partial charge in [-0.3, -0.25) is 9.59 Å². The fourth-order valence-corrected chi connectivity index (χ4v) is 0.979. The van der Waals surface area contributed by atoms with Crippen LogP contribution in [0.2, 0.25) is 0 Å². The number of carboxylic acid groups (broad SMARTS) is 2. The van der Waals surface area contributed by atoms with Crippen molar-refractivity contribution in [1.29, 1.82) is 0 Å². The number of benzene rings is 1. The van der Waals surface area contributed by atoms with Gasteiger partial charge >= 0.3 is 11.9 Å². The zero-order valence-electron chi connectivity index (χ0n) is 14.4. The van der Waals surface area contributed by atoms with Crippen molar-refractivity contribution in [1.82, 2.24) is 9.97 Å². The second-order valence-electron chi connectivity index (χ2n) is 4.75. The predicted octanol–water partition coefficient (Wildman–Crippen LogP) is 1.34. The number of para-hydroxylation sites is 2. The van der Waals surface area contributed by atoms with Crippen LogP contribution in [0.1, 0.15) is 13.8 Å². The highest BCUT2D eigenvalue weighted by Gasteiger charge is 2.00. The van der Waals surface area contributed by atoms with Crippen LogP contribution in [0.3, 0.4) is 0 Å². The molecule has 0 spiro atoms. The van der Waals surface area contributed by atoms with Crippen molar-refractivity contribution in [2.24, 2.45) is 11.5 Å². The maximum Gasteiger partial charge on any atom is 0.320 e. The van der Waals surface area contributed by atoms with Gasteiger partial charge in [-0.15, -0.1) is 0 Å². The van der Waals surface area contributed by atoms with Gasteiger partial charge in [-0.1, -0.05) is 12.1 Å². The lowest BCUT2D eigenvalue weighted by atomic mass is 10.3. The van der Waals surface area contributed by atoms with E-state index >= 15 is 0 Å². The SMILES string of the molecule is C[C@H](N)C(=O)O.C[C@H](N)C(=O)O.c1ccc2ocnc2c1.c1cocn1. The summed E-state index contributed by atoms with van der Waals surface area (Å²) in [5, 5.41) is 15.7. The minimum Gasteiger partial charge on any atom is -0.480 e. The van der Waals surface area contributed by atoms with E-state index in [0.29, 0.717) is 0 Å². The summed E-state index contributed by atoms with van der Waals surface area (Å²) in [6.07, 6.45) is 5.92. The summed E-state index contributed by atoms with van der Waals surface area (Å²) in [5.41, 5.74) is 11.4. The first-order chi connectivity index (χ1) is 12.3. The zero-order valence-corrected chi connectivity index (χ0v) is 14.4. The predicted molar refractivity (Wildman–Crippen MR) is 93.1 cm³/mol. The van der Waals surface area contributed by atoms with Gasteiger partial charge in [-0.25, -0.2) is 9.97 Å². The van der Waals surface area contributed by atoms with E-state index in [9.17, 15) is 9.59 Å². The summed E-state index contributed by atoms with van der Waals surface area (Å²) in [7, 11) is 0. The van der Waals surface area contributed by atoms with Gasteiger partial charge < -0.3 is 30.5 Å². The first-order valence-electron chi connectivity index (χ1n) is 7.32. The highest BCUT2D eigenvalue weighted by molar-refractivity contribution is 5.72. The number of hydrogen-bond acceptors (Lipinski definition) is 8. The number of nitrogens with zero attached hydrogens (tertiary/aromatic N) is 2. The van der Waals surface area contributed by atoms with E-state index in [-0.39, 0.29) is 0 Å². The lowest BCUT2D eigenvalue weighted by Crippen LogP contribution is -2.25. The average molecular weight is 366 g/mol. The van der Waals surface area contributed by atoms with Crippen LogP contribution in [-0.4, -0.2) is 44.2 Å². The standard InChI is InChI=1S/C7H5NO.2C3H7NO2.C3H3NO/c1-2-4-7-6(3-1)8-5-9-7;2*1-2(4)3(5)6;1-2-5-3-4-1/h1-5H;2*2H,4H2,1H3,(H,5,6);1-3H/t;2*2-;/m.00./s1. The highest BCUT2D eigenvalue weighted by atomic mass is 16.4. The Morgan fingerprint density at radius 3 is 1.92 bits per heavy atom. The van der Waals surface area contributed by atoms with Crippen molar-refractivity contribution in [3.05, 3.63) is 49.5 Å². The third-order valence-corrected chi connectivity index (χ3v) is 2.36. The number of fused-ring (bicyclic) bond motifs is 1. The summed E-state index contributed by atoms with van der Waals surface area (Å²) in [6, 6.07) is 6.20. The molecule has 2 aromatic heterocycles. The summed E-state index contributed by atoms with van der Waals surface area (Å²) in [6.45, 7) is 2.84. The van der Waals surface area contributed by atoms with E-state index < -0.39 is 24.0 Å².